The van der Waals surface area contributed by atoms with E-state index in [0.29, 0.717) is 11.1 Å². The van der Waals surface area contributed by atoms with E-state index in [0.717, 1.165) is 57.2 Å². The van der Waals surface area contributed by atoms with Crippen molar-refractivity contribution in [2.45, 2.75) is 50.0 Å². The zero-order valence-electron chi connectivity index (χ0n) is 12.3. The van der Waals surface area contributed by atoms with Crippen molar-refractivity contribution in [3.8, 4) is 0 Å². The Bertz CT molecular complexity index is 505. The molecule has 1 aromatic rings. The maximum absolute atomic E-state index is 13.0. The van der Waals surface area contributed by atoms with E-state index in [1.165, 1.54) is 0 Å². The molecule has 1 saturated carbocycles. The third kappa shape index (κ3) is 3.09. The van der Waals surface area contributed by atoms with Crippen molar-refractivity contribution in [3.63, 3.8) is 0 Å². The second kappa shape index (κ2) is 6.37. The van der Waals surface area contributed by atoms with Crippen LogP contribution in [-0.2, 0) is 10.2 Å². The largest absolute Gasteiger partial charge is 0.353 e. The van der Waals surface area contributed by atoms with Crippen LogP contribution in [0.2, 0.25) is 5.02 Å². The Labute approximate surface area is 131 Å². The normalized spacial score (nSPS) is 22.1. The first-order chi connectivity index (χ1) is 10.2. The Morgan fingerprint density at radius 2 is 1.95 bits per heavy atom. The van der Waals surface area contributed by atoms with Gasteiger partial charge in [-0.05, 0) is 56.5 Å². The fourth-order valence-electron chi connectivity index (χ4n) is 3.70. The molecule has 1 amide bonds. The summed E-state index contributed by atoms with van der Waals surface area (Å²) in [5, 5.41) is 7.35. The number of hydrogen-bond donors (Lipinski definition) is 2. The molecular formula is C17H23ClN2O. The quantitative estimate of drug-likeness (QED) is 0.901. The minimum absolute atomic E-state index is 0.203. The van der Waals surface area contributed by atoms with Crippen LogP contribution in [0.15, 0.2) is 24.3 Å². The molecule has 4 heteroatoms. The van der Waals surface area contributed by atoms with Crippen LogP contribution in [0.1, 0.15) is 44.1 Å². The fourth-order valence-corrected chi connectivity index (χ4v) is 3.89. The Morgan fingerprint density at radius 1 is 1.24 bits per heavy atom. The van der Waals surface area contributed by atoms with Crippen LogP contribution in [0, 0.1) is 0 Å². The number of hydrogen-bond acceptors (Lipinski definition) is 2. The number of carbonyl (C=O) groups is 1. The zero-order valence-corrected chi connectivity index (χ0v) is 13.1. The Hall–Kier alpha value is -1.06. The van der Waals surface area contributed by atoms with Crippen molar-refractivity contribution in [1.82, 2.24) is 10.6 Å². The summed E-state index contributed by atoms with van der Waals surface area (Å²) in [6, 6.07) is 8.16. The van der Waals surface area contributed by atoms with Crippen LogP contribution >= 0.6 is 11.6 Å². The van der Waals surface area contributed by atoms with Gasteiger partial charge in [0.05, 0.1) is 5.41 Å². The van der Waals surface area contributed by atoms with Gasteiger partial charge in [0.25, 0.3) is 0 Å². The molecule has 0 spiro atoms. The number of rotatable bonds is 3. The van der Waals surface area contributed by atoms with E-state index in [9.17, 15) is 4.79 Å². The molecule has 0 radical (unpaired) electrons. The van der Waals surface area contributed by atoms with E-state index in [4.69, 9.17) is 11.6 Å². The standard InChI is InChI=1S/C17H23ClN2O/c18-14-5-3-4-13(12-14)17(8-1-2-9-17)16(21)20-15-6-10-19-11-7-15/h3-5,12,15,19H,1-2,6-11H2,(H,20,21). The van der Waals surface area contributed by atoms with Gasteiger partial charge in [-0.25, -0.2) is 0 Å². The van der Waals surface area contributed by atoms with E-state index >= 15 is 0 Å². The molecule has 0 bridgehead atoms. The predicted octanol–water partition coefficient (Wildman–Crippen LogP) is 3.02. The first-order valence-corrected chi connectivity index (χ1v) is 8.36. The minimum Gasteiger partial charge on any atom is -0.353 e. The lowest BCUT2D eigenvalue weighted by atomic mass is 9.77. The van der Waals surface area contributed by atoms with E-state index in [1.54, 1.807) is 0 Å². The van der Waals surface area contributed by atoms with Crippen molar-refractivity contribution in [2.24, 2.45) is 0 Å². The van der Waals surface area contributed by atoms with Crippen LogP contribution in [0.25, 0.3) is 0 Å². The molecule has 1 heterocycles. The molecular weight excluding hydrogens is 284 g/mol. The smallest absolute Gasteiger partial charge is 0.230 e. The van der Waals surface area contributed by atoms with Gasteiger partial charge in [0.1, 0.15) is 0 Å². The molecule has 3 nitrogen and oxygen atoms in total. The molecule has 1 saturated heterocycles. The van der Waals surface area contributed by atoms with Crippen molar-refractivity contribution in [2.75, 3.05) is 13.1 Å². The molecule has 0 unspecified atom stereocenters. The molecule has 0 atom stereocenters. The molecule has 114 valence electrons. The van der Waals surface area contributed by atoms with E-state index < -0.39 is 0 Å². The van der Waals surface area contributed by atoms with Crippen LogP contribution in [-0.4, -0.2) is 25.0 Å². The van der Waals surface area contributed by atoms with Crippen LogP contribution in [0.5, 0.6) is 0 Å². The number of nitrogens with one attached hydrogen (secondary N) is 2. The van der Waals surface area contributed by atoms with Gasteiger partial charge in [-0.15, -0.1) is 0 Å². The zero-order chi connectivity index (χ0) is 14.7. The summed E-state index contributed by atoms with van der Waals surface area (Å²) in [7, 11) is 0. The molecule has 21 heavy (non-hydrogen) atoms. The number of halogens is 1. The topological polar surface area (TPSA) is 41.1 Å². The minimum atomic E-state index is -0.365. The van der Waals surface area contributed by atoms with E-state index in [1.807, 2.05) is 18.2 Å². The highest BCUT2D eigenvalue weighted by Gasteiger charge is 2.43. The van der Waals surface area contributed by atoms with E-state index in [2.05, 4.69) is 16.7 Å². The maximum atomic E-state index is 13.0. The molecule has 3 rings (SSSR count). The first kappa shape index (κ1) is 14.9. The Morgan fingerprint density at radius 3 is 2.62 bits per heavy atom. The van der Waals surface area contributed by atoms with Gasteiger partial charge < -0.3 is 10.6 Å². The van der Waals surface area contributed by atoms with Gasteiger partial charge in [-0.1, -0.05) is 36.6 Å². The summed E-state index contributed by atoms with van der Waals surface area (Å²) in [5.41, 5.74) is 0.717. The summed E-state index contributed by atoms with van der Waals surface area (Å²) >= 11 is 6.14. The lowest BCUT2D eigenvalue weighted by Crippen LogP contribution is -2.50. The van der Waals surface area contributed by atoms with Crippen LogP contribution < -0.4 is 10.6 Å². The Kier molecular flexibility index (Phi) is 4.51. The second-order valence-corrected chi connectivity index (χ2v) is 6.73. The summed E-state index contributed by atoms with van der Waals surface area (Å²) in [4.78, 5) is 13.0. The summed E-state index contributed by atoms with van der Waals surface area (Å²) in [5.74, 6) is 0.203. The van der Waals surface area contributed by atoms with Crippen molar-refractivity contribution in [1.29, 1.82) is 0 Å². The fraction of sp³-hybridized carbons (Fsp3) is 0.588. The maximum Gasteiger partial charge on any atom is 0.230 e. The monoisotopic (exact) mass is 306 g/mol. The molecule has 0 aromatic heterocycles. The number of benzene rings is 1. The first-order valence-electron chi connectivity index (χ1n) is 7.98. The van der Waals surface area contributed by atoms with Gasteiger partial charge in [-0.2, -0.15) is 0 Å². The molecule has 1 aliphatic carbocycles. The third-order valence-corrected chi connectivity index (χ3v) is 5.18. The van der Waals surface area contributed by atoms with Gasteiger partial charge >= 0.3 is 0 Å². The second-order valence-electron chi connectivity index (χ2n) is 6.30. The predicted molar refractivity (Wildman–Crippen MR) is 85.6 cm³/mol. The SMILES string of the molecule is O=C(NC1CCNCC1)C1(c2cccc(Cl)c2)CCCC1. The molecule has 2 fully saturated rings. The number of piperidine rings is 1. The lowest BCUT2D eigenvalue weighted by molar-refractivity contribution is -0.127. The highest BCUT2D eigenvalue weighted by atomic mass is 35.5. The molecule has 2 N–H and O–H groups in total. The average Bonchev–Trinajstić information content (AvgIpc) is 2.99. The number of amides is 1. The average molecular weight is 307 g/mol. The van der Waals surface area contributed by atoms with Crippen molar-refractivity contribution in [3.05, 3.63) is 34.9 Å². The van der Waals surface area contributed by atoms with Crippen LogP contribution in [0.4, 0.5) is 0 Å². The highest BCUT2D eigenvalue weighted by molar-refractivity contribution is 6.30. The molecule has 2 aliphatic rings. The Balaban J connectivity index is 1.81. The molecule has 1 aliphatic heterocycles. The lowest BCUT2D eigenvalue weighted by Gasteiger charge is -2.32. The van der Waals surface area contributed by atoms with Crippen LogP contribution in [0.3, 0.4) is 0 Å². The summed E-state index contributed by atoms with van der Waals surface area (Å²) in [6.07, 6.45) is 6.15. The summed E-state index contributed by atoms with van der Waals surface area (Å²) in [6.45, 7) is 1.99. The van der Waals surface area contributed by atoms with Gasteiger partial charge in [0.2, 0.25) is 5.91 Å². The summed E-state index contributed by atoms with van der Waals surface area (Å²) < 4.78 is 0. The van der Waals surface area contributed by atoms with Crippen molar-refractivity contribution < 1.29 is 4.79 Å². The van der Waals surface area contributed by atoms with Gasteiger partial charge in [-0.3, -0.25) is 4.79 Å². The van der Waals surface area contributed by atoms with Gasteiger partial charge in [0, 0.05) is 11.1 Å². The van der Waals surface area contributed by atoms with E-state index in [-0.39, 0.29) is 11.3 Å². The highest BCUT2D eigenvalue weighted by Crippen LogP contribution is 2.42. The number of carbonyl (C=O) groups excluding carboxylic acids is 1. The van der Waals surface area contributed by atoms with Gasteiger partial charge in [0.15, 0.2) is 0 Å². The van der Waals surface area contributed by atoms with Crippen molar-refractivity contribution >= 4 is 17.5 Å². The third-order valence-electron chi connectivity index (χ3n) is 4.94. The molecule has 1 aromatic carbocycles.